The van der Waals surface area contributed by atoms with Crippen molar-refractivity contribution in [3.8, 4) is 0 Å². The quantitative estimate of drug-likeness (QED) is 0.207. The van der Waals surface area contributed by atoms with Gasteiger partial charge in [-0.15, -0.1) is 0 Å². The number of ketones is 2. The molecule has 0 atom stereocenters. The zero-order valence-electron chi connectivity index (χ0n) is 16.3. The van der Waals surface area contributed by atoms with Gasteiger partial charge in [0.25, 0.3) is 11.8 Å². The second-order valence-electron chi connectivity index (χ2n) is 7.67. The van der Waals surface area contributed by atoms with Gasteiger partial charge >= 0.3 is 0 Å². The molecule has 2 heterocycles. The van der Waals surface area contributed by atoms with E-state index in [0.717, 1.165) is 0 Å². The summed E-state index contributed by atoms with van der Waals surface area (Å²) in [6.07, 6.45) is 0. The molecule has 0 aromatic heterocycles. The number of rotatable bonds is 5. The first kappa shape index (κ1) is 22.9. The average molecular weight is 426 g/mol. The first-order valence-electron chi connectivity index (χ1n) is 8.52. The van der Waals surface area contributed by atoms with Crippen molar-refractivity contribution in [2.24, 2.45) is 0 Å². The smallest absolute Gasteiger partial charge is 0.257 e. The van der Waals surface area contributed by atoms with E-state index in [1.807, 2.05) is 0 Å². The molecule has 153 valence electrons. The molecule has 0 aliphatic carbocycles. The van der Waals surface area contributed by atoms with Crippen LogP contribution in [0.2, 0.25) is 0 Å². The summed E-state index contributed by atoms with van der Waals surface area (Å²) in [6.45, 7) is 10.8. The summed E-state index contributed by atoms with van der Waals surface area (Å²) in [5.74, 6) is -1.25. The fourth-order valence-electron chi connectivity index (χ4n) is 3.00. The van der Waals surface area contributed by atoms with E-state index >= 15 is 0 Å². The summed E-state index contributed by atoms with van der Waals surface area (Å²) in [5, 5.41) is 11.4. The Kier molecular flexibility index (Phi) is 6.67. The van der Waals surface area contributed by atoms with Crippen LogP contribution >= 0.6 is 0 Å². The first-order valence-corrected chi connectivity index (χ1v) is 8.52. The molecule has 0 aromatic carbocycles. The molecular weight excluding hydrogens is 400 g/mol. The van der Waals surface area contributed by atoms with E-state index in [1.54, 1.807) is 41.5 Å². The maximum Gasteiger partial charge on any atom is 0.257 e. The minimum atomic E-state index is -0.891. The van der Waals surface area contributed by atoms with E-state index in [-0.39, 0.29) is 51.6 Å². The second kappa shape index (κ2) is 7.86. The van der Waals surface area contributed by atoms with Crippen LogP contribution in [0.25, 0.3) is 0 Å². The number of amides is 2. The Bertz CT molecular complexity index is 701. The zero-order chi connectivity index (χ0) is 19.9. The van der Waals surface area contributed by atoms with Gasteiger partial charge in [-0.1, -0.05) is 0 Å². The van der Waals surface area contributed by atoms with E-state index in [4.69, 9.17) is 0 Å². The first-order chi connectivity index (χ1) is 11.9. The van der Waals surface area contributed by atoms with Crippen LogP contribution in [-0.4, -0.2) is 47.5 Å². The minimum Gasteiger partial charge on any atom is -0.386 e. The Balaban J connectivity index is 0.00000364. The van der Waals surface area contributed by atoms with Crippen LogP contribution in [0.4, 0.5) is 0 Å². The van der Waals surface area contributed by atoms with Crippen LogP contribution in [0.5, 0.6) is 0 Å². The van der Waals surface area contributed by atoms with Crippen molar-refractivity contribution in [1.82, 2.24) is 21.3 Å². The topological polar surface area (TPSA) is 116 Å². The SMILES string of the molecule is C/C(NCCN/C(C)=C1\C(=O)NC(C)(C)C1=O)=C1/C(=O)NC(C)(C)C1=O.[Cu]. The maximum absolute atomic E-state index is 12.2. The van der Waals surface area contributed by atoms with Crippen molar-refractivity contribution in [2.45, 2.75) is 52.6 Å². The predicted octanol–water partition coefficient (Wildman–Crippen LogP) is -0.334. The maximum atomic E-state index is 12.2. The number of allylic oxidation sites excluding steroid dienone is 2. The molecule has 2 rings (SSSR count). The standard InChI is InChI=1S/C18H26N4O4.Cu/c1-9(11-13(23)17(3,4)21-15(11)25)19-7-8-20-10(2)12-14(24)18(5,6)22-16(12)26;/h19-20H,7-8H2,1-6H3,(H,21,25)(H,22,26);/b11-9-,12-10-;. The van der Waals surface area contributed by atoms with Crippen LogP contribution in [0.15, 0.2) is 22.5 Å². The second-order valence-corrected chi connectivity index (χ2v) is 7.67. The molecule has 2 aliphatic heterocycles. The van der Waals surface area contributed by atoms with Crippen molar-refractivity contribution in [3.63, 3.8) is 0 Å². The summed E-state index contributed by atoms with van der Waals surface area (Å²) in [4.78, 5) is 48.4. The molecule has 0 aromatic rings. The Hall–Kier alpha value is -2.12. The van der Waals surface area contributed by atoms with Gasteiger partial charge in [0, 0.05) is 41.6 Å². The van der Waals surface area contributed by atoms with Crippen molar-refractivity contribution >= 4 is 23.4 Å². The summed E-state index contributed by atoms with van der Waals surface area (Å²) in [5.41, 5.74) is -0.508. The molecule has 0 spiro atoms. The van der Waals surface area contributed by atoms with Crippen LogP contribution in [0.3, 0.4) is 0 Å². The van der Waals surface area contributed by atoms with Gasteiger partial charge in [0.1, 0.15) is 11.1 Å². The third-order valence-electron chi connectivity index (χ3n) is 4.55. The third kappa shape index (κ3) is 4.42. The van der Waals surface area contributed by atoms with Crippen molar-refractivity contribution in [1.29, 1.82) is 0 Å². The summed E-state index contributed by atoms with van der Waals surface area (Å²) >= 11 is 0. The molecule has 2 amide bonds. The van der Waals surface area contributed by atoms with Crippen LogP contribution in [0, 0.1) is 0 Å². The number of Topliss-reactive ketones (excluding diaryl/α,β-unsaturated/α-hetero) is 2. The molecule has 0 saturated carbocycles. The number of nitrogens with one attached hydrogen (secondary N) is 4. The minimum absolute atomic E-state index is 0. The summed E-state index contributed by atoms with van der Waals surface area (Å²) in [6, 6.07) is 0. The Morgan fingerprint density at radius 1 is 0.741 bits per heavy atom. The molecule has 27 heavy (non-hydrogen) atoms. The normalized spacial score (nSPS) is 24.1. The van der Waals surface area contributed by atoms with Crippen LogP contribution < -0.4 is 21.3 Å². The largest absolute Gasteiger partial charge is 0.386 e. The summed E-state index contributed by atoms with van der Waals surface area (Å²) < 4.78 is 0. The molecule has 1 radical (unpaired) electrons. The van der Waals surface area contributed by atoms with Gasteiger partial charge in [-0.25, -0.2) is 0 Å². The van der Waals surface area contributed by atoms with E-state index in [2.05, 4.69) is 21.3 Å². The van der Waals surface area contributed by atoms with Gasteiger partial charge in [0.05, 0.1) is 11.1 Å². The molecule has 0 unspecified atom stereocenters. The van der Waals surface area contributed by atoms with Gasteiger partial charge in [-0.05, 0) is 41.5 Å². The van der Waals surface area contributed by atoms with Crippen molar-refractivity contribution < 1.29 is 36.2 Å². The van der Waals surface area contributed by atoms with E-state index in [1.165, 1.54) is 0 Å². The van der Waals surface area contributed by atoms with Gasteiger partial charge in [-0.2, -0.15) is 0 Å². The van der Waals surface area contributed by atoms with Gasteiger partial charge in [0.15, 0.2) is 11.6 Å². The number of carbonyl (C=O) groups excluding carboxylic acids is 4. The van der Waals surface area contributed by atoms with Crippen molar-refractivity contribution in [3.05, 3.63) is 22.5 Å². The molecular formula is C18H26CuN4O4. The molecule has 9 heteroatoms. The Morgan fingerprint density at radius 3 is 1.26 bits per heavy atom. The predicted molar refractivity (Wildman–Crippen MR) is 95.9 cm³/mol. The monoisotopic (exact) mass is 425 g/mol. The number of carbonyl (C=O) groups is 4. The van der Waals surface area contributed by atoms with Gasteiger partial charge in [0.2, 0.25) is 0 Å². The van der Waals surface area contributed by atoms with Crippen LogP contribution in [-0.2, 0) is 36.2 Å². The Morgan fingerprint density at radius 2 is 1.04 bits per heavy atom. The molecule has 0 bridgehead atoms. The van der Waals surface area contributed by atoms with Gasteiger partial charge in [-0.3, -0.25) is 19.2 Å². The Labute approximate surface area is 169 Å². The van der Waals surface area contributed by atoms with Crippen molar-refractivity contribution in [2.75, 3.05) is 13.1 Å². The molecule has 8 nitrogen and oxygen atoms in total. The van der Waals surface area contributed by atoms with E-state index in [0.29, 0.717) is 24.5 Å². The summed E-state index contributed by atoms with van der Waals surface area (Å²) in [7, 11) is 0. The van der Waals surface area contributed by atoms with E-state index < -0.39 is 11.1 Å². The fraction of sp³-hybridized carbons (Fsp3) is 0.556. The third-order valence-corrected chi connectivity index (χ3v) is 4.55. The fourth-order valence-corrected chi connectivity index (χ4v) is 3.00. The molecule has 4 N–H and O–H groups in total. The molecule has 2 saturated heterocycles. The molecule has 2 fully saturated rings. The number of hydrogen-bond acceptors (Lipinski definition) is 6. The van der Waals surface area contributed by atoms with Crippen LogP contribution in [0.1, 0.15) is 41.5 Å². The zero-order valence-corrected chi connectivity index (χ0v) is 17.3. The average Bonchev–Trinajstić information content (AvgIpc) is 2.83. The van der Waals surface area contributed by atoms with E-state index in [9.17, 15) is 19.2 Å². The number of hydrogen-bond donors (Lipinski definition) is 4. The van der Waals surface area contributed by atoms with Gasteiger partial charge < -0.3 is 21.3 Å². The molecule has 2 aliphatic rings.